The zero-order valence-corrected chi connectivity index (χ0v) is 10.3. The quantitative estimate of drug-likeness (QED) is 0.725. The van der Waals surface area contributed by atoms with Gasteiger partial charge in [-0.2, -0.15) is 5.26 Å². The lowest BCUT2D eigenvalue weighted by Gasteiger charge is -2.24. The lowest BCUT2D eigenvalue weighted by atomic mass is 9.98. The molecule has 1 fully saturated rings. The number of ether oxygens (including phenoxy) is 1. The number of carbonyl (C=O) groups excluding carboxylic acids is 1. The molecule has 3 unspecified atom stereocenters. The average Bonchev–Trinajstić information content (AvgIpc) is 2.75. The van der Waals surface area contributed by atoms with E-state index in [1.165, 1.54) is 0 Å². The van der Waals surface area contributed by atoms with E-state index in [1.54, 1.807) is 11.9 Å². The number of nitrogens with zero attached hydrogens (tertiary/aromatic N) is 2. The van der Waals surface area contributed by atoms with Crippen molar-refractivity contribution in [3.05, 3.63) is 0 Å². The third-order valence-corrected chi connectivity index (χ3v) is 3.07. The predicted molar refractivity (Wildman–Crippen MR) is 60.6 cm³/mol. The van der Waals surface area contributed by atoms with Crippen molar-refractivity contribution in [1.29, 1.82) is 5.26 Å². The molecule has 0 N–H and O–H groups in total. The van der Waals surface area contributed by atoms with Crippen LogP contribution in [0.3, 0.4) is 0 Å². The molecule has 0 bridgehead atoms. The molecule has 3 atom stereocenters. The Morgan fingerprint density at radius 2 is 2.38 bits per heavy atom. The minimum absolute atomic E-state index is 0.0131. The molecule has 0 saturated carbocycles. The molecule has 90 valence electrons. The molecule has 0 spiro atoms. The summed E-state index contributed by atoms with van der Waals surface area (Å²) in [7, 11) is 1.77. The molecule has 16 heavy (non-hydrogen) atoms. The highest BCUT2D eigenvalue weighted by Gasteiger charge is 2.34. The molecule has 0 radical (unpaired) electrons. The Morgan fingerprint density at radius 3 is 2.94 bits per heavy atom. The van der Waals surface area contributed by atoms with Gasteiger partial charge < -0.3 is 9.64 Å². The third-order valence-electron chi connectivity index (χ3n) is 3.07. The number of rotatable bonds is 4. The van der Waals surface area contributed by atoms with Crippen LogP contribution in [0.25, 0.3) is 0 Å². The van der Waals surface area contributed by atoms with Gasteiger partial charge in [-0.25, -0.2) is 0 Å². The summed E-state index contributed by atoms with van der Waals surface area (Å²) < 4.78 is 5.50. The molecule has 1 aliphatic rings. The fourth-order valence-corrected chi connectivity index (χ4v) is 2.16. The largest absolute Gasteiger partial charge is 0.377 e. The van der Waals surface area contributed by atoms with E-state index in [4.69, 9.17) is 10.00 Å². The normalized spacial score (nSPS) is 26.1. The molecule has 0 aromatic rings. The molecule has 4 nitrogen and oxygen atoms in total. The number of nitriles is 1. The fraction of sp³-hybridized carbons (Fsp3) is 0.833. The molecule has 1 saturated heterocycles. The van der Waals surface area contributed by atoms with Gasteiger partial charge in [0.05, 0.1) is 24.0 Å². The Morgan fingerprint density at radius 1 is 1.69 bits per heavy atom. The highest BCUT2D eigenvalue weighted by atomic mass is 16.5. The first-order valence-electron chi connectivity index (χ1n) is 5.86. The molecule has 0 aliphatic carbocycles. The van der Waals surface area contributed by atoms with Crippen molar-refractivity contribution in [2.45, 2.75) is 32.8 Å². The van der Waals surface area contributed by atoms with Crippen LogP contribution in [0.5, 0.6) is 0 Å². The summed E-state index contributed by atoms with van der Waals surface area (Å²) in [5.74, 6) is -0.0105. The SMILES string of the molecule is CCC1OCCC1C(=O)N(C)CC(C)C#N. The van der Waals surface area contributed by atoms with Gasteiger partial charge in [0.25, 0.3) is 0 Å². The molecule has 0 aromatic carbocycles. The van der Waals surface area contributed by atoms with Crippen molar-refractivity contribution >= 4 is 5.91 Å². The Labute approximate surface area is 97.2 Å². The second-order valence-electron chi connectivity index (χ2n) is 4.46. The Kier molecular flexibility index (Phi) is 4.75. The van der Waals surface area contributed by atoms with E-state index in [-0.39, 0.29) is 23.8 Å². The third kappa shape index (κ3) is 2.96. The number of carbonyl (C=O) groups is 1. The van der Waals surface area contributed by atoms with Crippen molar-refractivity contribution in [1.82, 2.24) is 4.90 Å². The van der Waals surface area contributed by atoms with Crippen molar-refractivity contribution in [2.24, 2.45) is 11.8 Å². The maximum atomic E-state index is 12.1. The van der Waals surface area contributed by atoms with Crippen LogP contribution in [0, 0.1) is 23.2 Å². The second kappa shape index (κ2) is 5.86. The maximum absolute atomic E-state index is 12.1. The highest BCUT2D eigenvalue weighted by molar-refractivity contribution is 5.79. The van der Waals surface area contributed by atoms with Gasteiger partial charge in [-0.05, 0) is 19.8 Å². The fourth-order valence-electron chi connectivity index (χ4n) is 2.16. The van der Waals surface area contributed by atoms with Gasteiger partial charge in [0.2, 0.25) is 5.91 Å². The van der Waals surface area contributed by atoms with Gasteiger partial charge in [-0.3, -0.25) is 4.79 Å². The summed E-state index contributed by atoms with van der Waals surface area (Å²) in [6, 6.07) is 2.14. The van der Waals surface area contributed by atoms with E-state index < -0.39 is 0 Å². The van der Waals surface area contributed by atoms with Gasteiger partial charge in [0.15, 0.2) is 0 Å². The van der Waals surface area contributed by atoms with Crippen LogP contribution in [0.15, 0.2) is 0 Å². The molecule has 0 aromatic heterocycles. The molecule has 1 amide bonds. The van der Waals surface area contributed by atoms with E-state index in [9.17, 15) is 4.79 Å². The summed E-state index contributed by atoms with van der Waals surface area (Å²) in [5.41, 5.74) is 0. The number of hydrogen-bond acceptors (Lipinski definition) is 3. The molecular formula is C12H20N2O2. The minimum atomic E-state index is -0.114. The van der Waals surface area contributed by atoms with E-state index in [1.807, 2.05) is 13.8 Å². The van der Waals surface area contributed by atoms with Gasteiger partial charge in [-0.15, -0.1) is 0 Å². The second-order valence-corrected chi connectivity index (χ2v) is 4.46. The van der Waals surface area contributed by atoms with Crippen LogP contribution in [-0.4, -0.2) is 37.1 Å². The van der Waals surface area contributed by atoms with Crippen molar-refractivity contribution in [2.75, 3.05) is 20.2 Å². The average molecular weight is 224 g/mol. The first kappa shape index (κ1) is 13.0. The van der Waals surface area contributed by atoms with Crippen LogP contribution < -0.4 is 0 Å². The van der Waals surface area contributed by atoms with Crippen molar-refractivity contribution in [3.63, 3.8) is 0 Å². The summed E-state index contributed by atoms with van der Waals surface area (Å²) >= 11 is 0. The highest BCUT2D eigenvalue weighted by Crippen LogP contribution is 2.25. The molecular weight excluding hydrogens is 204 g/mol. The van der Waals surface area contributed by atoms with E-state index >= 15 is 0 Å². The van der Waals surface area contributed by atoms with E-state index in [0.717, 1.165) is 12.8 Å². The van der Waals surface area contributed by atoms with E-state index in [2.05, 4.69) is 6.07 Å². The van der Waals surface area contributed by atoms with Gasteiger partial charge in [0.1, 0.15) is 0 Å². The maximum Gasteiger partial charge on any atom is 0.228 e. The van der Waals surface area contributed by atoms with Gasteiger partial charge in [-0.1, -0.05) is 6.92 Å². The first-order valence-corrected chi connectivity index (χ1v) is 5.86. The van der Waals surface area contributed by atoms with Crippen LogP contribution >= 0.6 is 0 Å². The predicted octanol–water partition coefficient (Wildman–Crippen LogP) is 1.42. The Hall–Kier alpha value is -1.08. The molecule has 1 rings (SSSR count). The molecule has 1 aliphatic heterocycles. The van der Waals surface area contributed by atoms with E-state index in [0.29, 0.717) is 13.2 Å². The standard InChI is InChI=1S/C12H20N2O2/c1-4-11-10(5-6-16-11)12(15)14(3)8-9(2)7-13/h9-11H,4-6,8H2,1-3H3. The first-order chi connectivity index (χ1) is 7.60. The molecule has 1 heterocycles. The van der Waals surface area contributed by atoms with Gasteiger partial charge in [0, 0.05) is 20.2 Å². The lowest BCUT2D eigenvalue weighted by Crippen LogP contribution is -2.38. The zero-order chi connectivity index (χ0) is 12.1. The zero-order valence-electron chi connectivity index (χ0n) is 10.3. The topological polar surface area (TPSA) is 53.3 Å². The number of amides is 1. The Bertz CT molecular complexity index is 285. The van der Waals surface area contributed by atoms with Crippen molar-refractivity contribution in [3.8, 4) is 6.07 Å². The van der Waals surface area contributed by atoms with Crippen molar-refractivity contribution < 1.29 is 9.53 Å². The Balaban J connectivity index is 2.53. The monoisotopic (exact) mass is 224 g/mol. The number of hydrogen-bond donors (Lipinski definition) is 0. The van der Waals surface area contributed by atoms with Crippen LogP contribution in [0.2, 0.25) is 0 Å². The van der Waals surface area contributed by atoms with Crippen LogP contribution in [0.4, 0.5) is 0 Å². The summed E-state index contributed by atoms with van der Waals surface area (Å²) in [6.45, 7) is 5.04. The summed E-state index contributed by atoms with van der Waals surface area (Å²) in [4.78, 5) is 13.8. The lowest BCUT2D eigenvalue weighted by molar-refractivity contribution is -0.136. The minimum Gasteiger partial charge on any atom is -0.377 e. The summed E-state index contributed by atoms with van der Waals surface area (Å²) in [5, 5.41) is 8.72. The van der Waals surface area contributed by atoms with Gasteiger partial charge >= 0.3 is 0 Å². The molecule has 4 heteroatoms. The van der Waals surface area contributed by atoms with Crippen LogP contribution in [-0.2, 0) is 9.53 Å². The smallest absolute Gasteiger partial charge is 0.228 e. The van der Waals surface area contributed by atoms with Crippen LogP contribution in [0.1, 0.15) is 26.7 Å². The summed E-state index contributed by atoms with van der Waals surface area (Å²) in [6.07, 6.45) is 1.74.